The molecule has 3 aliphatic heterocycles. The first-order chi connectivity index (χ1) is 14.6. The van der Waals surface area contributed by atoms with E-state index in [9.17, 15) is 22.8 Å². The number of nitrogens with one attached hydrogen (secondary N) is 2. The Labute approximate surface area is 182 Å². The van der Waals surface area contributed by atoms with E-state index in [0.717, 1.165) is 5.69 Å². The van der Waals surface area contributed by atoms with Gasteiger partial charge in [0.1, 0.15) is 11.7 Å². The van der Waals surface area contributed by atoms with Crippen LogP contribution in [0.2, 0.25) is 0 Å². The van der Waals surface area contributed by atoms with Gasteiger partial charge in [-0.3, -0.25) is 14.4 Å². The molecule has 3 amide bonds. The van der Waals surface area contributed by atoms with Crippen molar-refractivity contribution in [3.05, 3.63) is 29.8 Å². The van der Waals surface area contributed by atoms with E-state index >= 15 is 0 Å². The fourth-order valence-corrected chi connectivity index (χ4v) is 6.51. The van der Waals surface area contributed by atoms with Crippen molar-refractivity contribution in [3.63, 3.8) is 0 Å². The van der Waals surface area contributed by atoms with Crippen LogP contribution in [0.5, 0.6) is 0 Å². The number of nitrogens with zero attached hydrogens (tertiary/aromatic N) is 2. The molecular weight excluding hydrogens is 420 g/mol. The fourth-order valence-electron chi connectivity index (χ4n) is 4.74. The van der Waals surface area contributed by atoms with Crippen LogP contribution in [-0.2, 0) is 19.4 Å². The van der Waals surface area contributed by atoms with Crippen molar-refractivity contribution >= 4 is 33.2 Å². The molecule has 168 valence electrons. The van der Waals surface area contributed by atoms with Crippen LogP contribution in [0.1, 0.15) is 43.0 Å². The number of fused-ring (bicyclic) bond motifs is 1. The lowest BCUT2D eigenvalue weighted by molar-refractivity contribution is -0.145. The number of carbonyl (C=O) groups excluding carboxylic acids is 3. The van der Waals surface area contributed by atoms with Crippen LogP contribution in [0.15, 0.2) is 24.3 Å². The Morgan fingerprint density at radius 3 is 2.68 bits per heavy atom. The normalized spacial score (nSPS) is 28.3. The number of rotatable bonds is 3. The van der Waals surface area contributed by atoms with E-state index in [-0.39, 0.29) is 41.7 Å². The molecule has 0 saturated carbocycles. The summed E-state index contributed by atoms with van der Waals surface area (Å²) in [7, 11) is -1.51. The van der Waals surface area contributed by atoms with Crippen molar-refractivity contribution in [3.8, 4) is 0 Å². The van der Waals surface area contributed by atoms with Gasteiger partial charge in [0.05, 0.1) is 17.1 Å². The predicted octanol–water partition coefficient (Wildman–Crippen LogP) is 0.585. The van der Waals surface area contributed by atoms with Gasteiger partial charge in [0.15, 0.2) is 9.84 Å². The van der Waals surface area contributed by atoms with E-state index in [4.69, 9.17) is 0 Å². The first-order valence-electron chi connectivity index (χ1n) is 10.6. The van der Waals surface area contributed by atoms with Gasteiger partial charge < -0.3 is 20.4 Å². The Balaban J connectivity index is 1.47. The minimum absolute atomic E-state index is 0.0334. The van der Waals surface area contributed by atoms with E-state index in [1.165, 1.54) is 4.90 Å². The largest absolute Gasteiger partial charge is 0.362 e. The lowest BCUT2D eigenvalue weighted by Gasteiger charge is -2.40. The van der Waals surface area contributed by atoms with Crippen LogP contribution in [0.3, 0.4) is 0 Å². The number of hydrogen-bond donors (Lipinski definition) is 2. The zero-order valence-electron chi connectivity index (χ0n) is 17.8. The first-order valence-corrected chi connectivity index (χ1v) is 12.4. The van der Waals surface area contributed by atoms with Gasteiger partial charge in [0.2, 0.25) is 11.8 Å². The van der Waals surface area contributed by atoms with Crippen LogP contribution in [-0.4, -0.2) is 78.8 Å². The highest BCUT2D eigenvalue weighted by atomic mass is 32.2. The number of hydrogen-bond acceptors (Lipinski definition) is 6. The molecule has 0 bridgehead atoms. The number of carbonyl (C=O) groups is 3. The van der Waals surface area contributed by atoms with Crippen molar-refractivity contribution in [2.24, 2.45) is 0 Å². The maximum Gasteiger partial charge on any atom is 0.255 e. The molecule has 9 nitrogen and oxygen atoms in total. The highest BCUT2D eigenvalue weighted by Crippen LogP contribution is 2.32. The van der Waals surface area contributed by atoms with E-state index in [2.05, 4.69) is 10.6 Å². The molecule has 0 aromatic heterocycles. The lowest BCUT2D eigenvalue weighted by atomic mass is 9.95. The number of amides is 3. The summed E-state index contributed by atoms with van der Waals surface area (Å²) in [6, 6.07) is 6.18. The minimum Gasteiger partial charge on any atom is -0.362 e. The van der Waals surface area contributed by atoms with Gasteiger partial charge >= 0.3 is 0 Å². The number of para-hydroxylation sites is 1. The van der Waals surface area contributed by atoms with Crippen molar-refractivity contribution in [1.82, 2.24) is 15.1 Å². The molecule has 3 heterocycles. The molecule has 3 atom stereocenters. The van der Waals surface area contributed by atoms with Crippen LogP contribution in [0, 0.1) is 0 Å². The topological polar surface area (TPSA) is 116 Å². The van der Waals surface area contributed by atoms with E-state index in [0.29, 0.717) is 31.4 Å². The van der Waals surface area contributed by atoms with Gasteiger partial charge in [0, 0.05) is 38.2 Å². The monoisotopic (exact) mass is 448 g/mol. The van der Waals surface area contributed by atoms with Gasteiger partial charge in [-0.15, -0.1) is 0 Å². The van der Waals surface area contributed by atoms with Crippen LogP contribution in [0.4, 0.5) is 5.69 Å². The van der Waals surface area contributed by atoms with Crippen LogP contribution >= 0.6 is 0 Å². The molecule has 1 aromatic rings. The third-order valence-corrected chi connectivity index (χ3v) is 8.44. The molecule has 2 N–H and O–H groups in total. The quantitative estimate of drug-likeness (QED) is 0.699. The highest BCUT2D eigenvalue weighted by molar-refractivity contribution is 7.91. The van der Waals surface area contributed by atoms with E-state index < -0.39 is 21.5 Å². The van der Waals surface area contributed by atoms with Crippen LogP contribution in [0.25, 0.3) is 0 Å². The summed E-state index contributed by atoms with van der Waals surface area (Å²) >= 11 is 0. The standard InChI is InChI=1S/C21H28N4O5S/c1-14(20(28)24(2)15-8-12-31(29,30)13-15)25-11-10-21(9-7-18(25)26)22-17-6-4-3-5-16(17)19(27)23-21/h3-6,14-15,22H,7-13H2,1-2H3,(H,23,27). The zero-order chi connectivity index (χ0) is 22.4. The summed E-state index contributed by atoms with van der Waals surface area (Å²) in [6.45, 7) is 1.98. The molecule has 0 aliphatic carbocycles. The third kappa shape index (κ3) is 4.13. The van der Waals surface area contributed by atoms with Gasteiger partial charge in [-0.1, -0.05) is 12.1 Å². The molecule has 2 fully saturated rings. The Hall–Kier alpha value is -2.62. The summed E-state index contributed by atoms with van der Waals surface area (Å²) < 4.78 is 23.6. The molecule has 3 aliphatic rings. The van der Waals surface area contributed by atoms with Crippen LogP contribution < -0.4 is 10.6 Å². The molecule has 10 heteroatoms. The number of likely N-dealkylation sites (N-methyl/N-ethyl adjacent to an activating group) is 1. The summed E-state index contributed by atoms with van der Waals surface area (Å²) in [5.41, 5.74) is 0.556. The molecule has 1 spiro atoms. The van der Waals surface area contributed by atoms with Gasteiger partial charge in [-0.05, 0) is 31.9 Å². The summed E-state index contributed by atoms with van der Waals surface area (Å²) in [5.74, 6) is -0.546. The van der Waals surface area contributed by atoms with Crippen molar-refractivity contribution in [2.75, 3.05) is 30.4 Å². The third-order valence-electron chi connectivity index (χ3n) is 6.69. The fraction of sp³-hybridized carbons (Fsp3) is 0.571. The number of anilines is 1. The highest BCUT2D eigenvalue weighted by Gasteiger charge is 2.43. The number of sulfone groups is 1. The van der Waals surface area contributed by atoms with E-state index in [1.807, 2.05) is 12.1 Å². The predicted molar refractivity (Wildman–Crippen MR) is 115 cm³/mol. The van der Waals surface area contributed by atoms with Crippen molar-refractivity contribution < 1.29 is 22.8 Å². The van der Waals surface area contributed by atoms with Crippen molar-refractivity contribution in [1.29, 1.82) is 0 Å². The second kappa shape index (κ2) is 7.81. The minimum atomic E-state index is -3.11. The van der Waals surface area contributed by atoms with Gasteiger partial charge in [-0.2, -0.15) is 0 Å². The maximum atomic E-state index is 13.0. The number of benzene rings is 1. The Morgan fingerprint density at radius 1 is 1.23 bits per heavy atom. The maximum absolute atomic E-state index is 13.0. The molecule has 4 rings (SSSR count). The molecule has 2 saturated heterocycles. The van der Waals surface area contributed by atoms with Gasteiger partial charge in [0.25, 0.3) is 5.91 Å². The lowest BCUT2D eigenvalue weighted by Crippen LogP contribution is -2.58. The molecule has 31 heavy (non-hydrogen) atoms. The summed E-state index contributed by atoms with van der Waals surface area (Å²) in [4.78, 5) is 41.5. The van der Waals surface area contributed by atoms with E-state index in [1.54, 1.807) is 31.0 Å². The SMILES string of the molecule is CC(C(=O)N(C)C1CCS(=O)(=O)C1)N1CCC2(CCC1=O)NC(=O)c1ccccc1N2. The Bertz CT molecular complexity index is 1030. The zero-order valence-corrected chi connectivity index (χ0v) is 18.6. The summed E-state index contributed by atoms with van der Waals surface area (Å²) in [6.07, 6.45) is 1.48. The molecule has 0 radical (unpaired) electrons. The second-order valence-electron chi connectivity index (χ2n) is 8.73. The molecular formula is C21H28N4O5S. The summed E-state index contributed by atoms with van der Waals surface area (Å²) in [5, 5.41) is 6.42. The Morgan fingerprint density at radius 2 is 1.97 bits per heavy atom. The second-order valence-corrected chi connectivity index (χ2v) is 11.0. The first kappa shape index (κ1) is 21.6. The Kier molecular flexibility index (Phi) is 5.45. The van der Waals surface area contributed by atoms with Gasteiger partial charge in [-0.25, -0.2) is 8.42 Å². The average Bonchev–Trinajstić information content (AvgIpc) is 3.03. The van der Waals surface area contributed by atoms with Crippen molar-refractivity contribution in [2.45, 2.75) is 50.4 Å². The molecule has 1 aromatic carbocycles. The molecule has 3 unspecified atom stereocenters. The average molecular weight is 449 g/mol. The smallest absolute Gasteiger partial charge is 0.255 e. The number of likely N-dealkylation sites (tertiary alicyclic amines) is 1.